The number of aryl methyl sites for hydroxylation is 1. The highest BCUT2D eigenvalue weighted by atomic mass is 15.3. The Bertz CT molecular complexity index is 989. The molecule has 0 aliphatic heterocycles. The summed E-state index contributed by atoms with van der Waals surface area (Å²) < 4.78 is 1.92. The van der Waals surface area contributed by atoms with E-state index in [2.05, 4.69) is 40.3 Å². The molecule has 4 rings (SSSR count). The maximum Gasteiger partial charge on any atom is 0.0923 e. The first-order valence-corrected chi connectivity index (χ1v) is 8.25. The van der Waals surface area contributed by atoms with E-state index in [9.17, 15) is 0 Å². The quantitative estimate of drug-likeness (QED) is 0.559. The van der Waals surface area contributed by atoms with Gasteiger partial charge in [-0.2, -0.15) is 5.10 Å². The molecule has 4 heteroatoms. The Morgan fingerprint density at radius 2 is 1.68 bits per heavy atom. The number of hydrogen-bond donors (Lipinski definition) is 0. The number of benzene rings is 1. The van der Waals surface area contributed by atoms with Gasteiger partial charge in [-0.3, -0.25) is 14.6 Å². The van der Waals surface area contributed by atoms with Crippen LogP contribution >= 0.6 is 0 Å². The van der Waals surface area contributed by atoms with Gasteiger partial charge < -0.3 is 0 Å². The average molecular weight is 326 g/mol. The molecular formula is C21H18N4. The third-order valence-electron chi connectivity index (χ3n) is 4.08. The summed E-state index contributed by atoms with van der Waals surface area (Å²) in [6.07, 6.45) is 5.64. The monoisotopic (exact) mass is 326 g/mol. The Morgan fingerprint density at radius 1 is 0.800 bits per heavy atom. The van der Waals surface area contributed by atoms with Crippen LogP contribution in [0.3, 0.4) is 0 Å². The van der Waals surface area contributed by atoms with Gasteiger partial charge in [0, 0.05) is 29.8 Å². The summed E-state index contributed by atoms with van der Waals surface area (Å²) in [7, 11) is 0. The molecule has 0 atom stereocenters. The second-order valence-electron chi connectivity index (χ2n) is 5.99. The fraction of sp³-hybridized carbons (Fsp3) is 0.0952. The van der Waals surface area contributed by atoms with Crippen molar-refractivity contribution >= 4 is 0 Å². The third kappa shape index (κ3) is 3.48. The van der Waals surface area contributed by atoms with Crippen molar-refractivity contribution < 1.29 is 0 Å². The van der Waals surface area contributed by atoms with Crippen molar-refractivity contribution in [2.75, 3.05) is 0 Å². The van der Waals surface area contributed by atoms with Gasteiger partial charge in [0.25, 0.3) is 0 Å². The number of hydrogen-bond acceptors (Lipinski definition) is 3. The first-order chi connectivity index (χ1) is 12.3. The topological polar surface area (TPSA) is 43.6 Å². The van der Waals surface area contributed by atoms with Crippen molar-refractivity contribution in [2.24, 2.45) is 0 Å². The van der Waals surface area contributed by atoms with E-state index in [0.717, 1.165) is 22.6 Å². The fourth-order valence-electron chi connectivity index (χ4n) is 2.84. The van der Waals surface area contributed by atoms with Crippen molar-refractivity contribution in [1.82, 2.24) is 19.7 Å². The van der Waals surface area contributed by atoms with Gasteiger partial charge in [-0.25, -0.2) is 0 Å². The van der Waals surface area contributed by atoms with Crippen molar-refractivity contribution in [3.05, 3.63) is 90.6 Å². The summed E-state index contributed by atoms with van der Waals surface area (Å²) in [6.45, 7) is 2.68. The molecule has 0 unspecified atom stereocenters. The van der Waals surface area contributed by atoms with Gasteiger partial charge in [0.2, 0.25) is 0 Å². The van der Waals surface area contributed by atoms with Crippen molar-refractivity contribution in [3.8, 4) is 22.4 Å². The van der Waals surface area contributed by atoms with Gasteiger partial charge in [0.15, 0.2) is 0 Å². The molecule has 122 valence electrons. The summed E-state index contributed by atoms with van der Waals surface area (Å²) >= 11 is 0. The number of aromatic nitrogens is 4. The van der Waals surface area contributed by atoms with Crippen LogP contribution in [0, 0.1) is 6.92 Å². The fourth-order valence-corrected chi connectivity index (χ4v) is 2.84. The van der Waals surface area contributed by atoms with Crippen molar-refractivity contribution in [2.45, 2.75) is 13.5 Å². The van der Waals surface area contributed by atoms with Crippen LogP contribution in [-0.2, 0) is 6.54 Å². The number of rotatable bonds is 4. The van der Waals surface area contributed by atoms with Crippen molar-refractivity contribution in [1.29, 1.82) is 0 Å². The van der Waals surface area contributed by atoms with Crippen LogP contribution in [0.5, 0.6) is 0 Å². The maximum absolute atomic E-state index is 4.69. The molecule has 3 aromatic heterocycles. The van der Waals surface area contributed by atoms with E-state index >= 15 is 0 Å². The van der Waals surface area contributed by atoms with Gasteiger partial charge in [-0.1, -0.05) is 24.3 Å². The first-order valence-electron chi connectivity index (χ1n) is 8.25. The van der Waals surface area contributed by atoms with Crippen LogP contribution < -0.4 is 0 Å². The second kappa shape index (κ2) is 6.69. The molecule has 0 N–H and O–H groups in total. The lowest BCUT2D eigenvalue weighted by Crippen LogP contribution is -2.01. The van der Waals surface area contributed by atoms with Gasteiger partial charge in [0.1, 0.15) is 0 Å². The van der Waals surface area contributed by atoms with E-state index in [4.69, 9.17) is 5.10 Å². The number of nitrogens with zero attached hydrogens (tertiary/aromatic N) is 4. The van der Waals surface area contributed by atoms with Crippen LogP contribution in [0.1, 0.15) is 11.4 Å². The lowest BCUT2D eigenvalue weighted by Gasteiger charge is -2.05. The van der Waals surface area contributed by atoms with E-state index in [1.165, 1.54) is 11.1 Å². The normalized spacial score (nSPS) is 10.8. The van der Waals surface area contributed by atoms with Gasteiger partial charge >= 0.3 is 0 Å². The molecule has 0 bridgehead atoms. The molecule has 0 spiro atoms. The van der Waals surface area contributed by atoms with E-state index in [0.29, 0.717) is 6.54 Å². The molecule has 1 aromatic carbocycles. The maximum atomic E-state index is 4.69. The zero-order chi connectivity index (χ0) is 17.1. The molecule has 25 heavy (non-hydrogen) atoms. The van der Waals surface area contributed by atoms with Crippen molar-refractivity contribution in [3.63, 3.8) is 0 Å². The summed E-state index contributed by atoms with van der Waals surface area (Å²) in [4.78, 5) is 8.62. The SMILES string of the molecule is Cc1cc(-c2cccc(-c3ccn(Cc4ccccn4)n3)c2)ccn1. The zero-order valence-electron chi connectivity index (χ0n) is 14.0. The van der Waals surface area contributed by atoms with Crippen LogP contribution in [0.25, 0.3) is 22.4 Å². The molecule has 0 aliphatic rings. The van der Waals surface area contributed by atoms with E-state index < -0.39 is 0 Å². The van der Waals surface area contributed by atoms with Crippen LogP contribution in [0.2, 0.25) is 0 Å². The molecular weight excluding hydrogens is 308 g/mol. The predicted octanol–water partition coefficient (Wildman–Crippen LogP) is 4.36. The summed E-state index contributed by atoms with van der Waals surface area (Å²) in [5.74, 6) is 0. The van der Waals surface area contributed by atoms with Gasteiger partial charge in [-0.15, -0.1) is 0 Å². The molecule has 0 saturated carbocycles. The summed E-state index contributed by atoms with van der Waals surface area (Å²) in [5.41, 5.74) is 6.42. The second-order valence-corrected chi connectivity index (χ2v) is 5.99. The first kappa shape index (κ1) is 15.3. The zero-order valence-corrected chi connectivity index (χ0v) is 14.0. The summed E-state index contributed by atoms with van der Waals surface area (Å²) in [6, 6.07) is 20.5. The Balaban J connectivity index is 1.61. The molecule has 0 aliphatic carbocycles. The molecule has 0 saturated heterocycles. The average Bonchev–Trinajstić information content (AvgIpc) is 3.11. The van der Waals surface area contributed by atoms with E-state index in [1.807, 2.05) is 54.3 Å². The van der Waals surface area contributed by atoms with Gasteiger partial charge in [0.05, 0.1) is 17.9 Å². The lowest BCUT2D eigenvalue weighted by atomic mass is 10.0. The van der Waals surface area contributed by atoms with Gasteiger partial charge in [-0.05, 0) is 54.4 Å². The smallest absolute Gasteiger partial charge is 0.0923 e. The molecule has 0 radical (unpaired) electrons. The van der Waals surface area contributed by atoms with Crippen LogP contribution in [0.15, 0.2) is 79.3 Å². The molecule has 4 aromatic rings. The predicted molar refractivity (Wildman–Crippen MR) is 99.0 cm³/mol. The Labute approximate surface area is 146 Å². The van der Waals surface area contributed by atoms with E-state index in [-0.39, 0.29) is 0 Å². The highest BCUT2D eigenvalue weighted by molar-refractivity contribution is 5.71. The minimum absolute atomic E-state index is 0.671. The lowest BCUT2D eigenvalue weighted by molar-refractivity contribution is 0.675. The highest BCUT2D eigenvalue weighted by Crippen LogP contribution is 2.25. The standard InChI is InChI=1S/C21H18N4/c1-16-13-18(8-11-22-16)17-5-4-6-19(14-17)21-9-12-25(24-21)15-20-7-2-3-10-23-20/h2-14H,15H2,1H3. The Kier molecular flexibility index (Phi) is 4.09. The Morgan fingerprint density at radius 3 is 2.52 bits per heavy atom. The minimum atomic E-state index is 0.671. The van der Waals surface area contributed by atoms with E-state index in [1.54, 1.807) is 6.20 Å². The summed E-state index contributed by atoms with van der Waals surface area (Å²) in [5, 5.41) is 4.69. The molecule has 0 amide bonds. The third-order valence-corrected chi connectivity index (χ3v) is 4.08. The van der Waals surface area contributed by atoms with Crippen LogP contribution in [-0.4, -0.2) is 19.7 Å². The minimum Gasteiger partial charge on any atom is -0.266 e. The largest absolute Gasteiger partial charge is 0.266 e. The molecule has 3 heterocycles. The molecule has 0 fully saturated rings. The van der Waals surface area contributed by atoms with Crippen LogP contribution in [0.4, 0.5) is 0 Å². The molecule has 4 nitrogen and oxygen atoms in total. The highest BCUT2D eigenvalue weighted by Gasteiger charge is 2.06. The number of pyridine rings is 2. The Hall–Kier alpha value is -3.27.